The van der Waals surface area contributed by atoms with E-state index in [1.807, 2.05) is 0 Å². The summed E-state index contributed by atoms with van der Waals surface area (Å²) < 4.78 is 0. The normalized spacial score (nSPS) is 20.6. The van der Waals surface area contributed by atoms with E-state index in [9.17, 15) is 14.7 Å². The zero-order valence-electron chi connectivity index (χ0n) is 11.3. The molecule has 1 atom stereocenters. The molecule has 1 unspecified atom stereocenters. The molecule has 0 aromatic heterocycles. The van der Waals surface area contributed by atoms with Gasteiger partial charge in [-0.2, -0.15) is 0 Å². The third kappa shape index (κ3) is 2.76. The number of carbonyl (C=O) groups excluding carboxylic acids is 2. The summed E-state index contributed by atoms with van der Waals surface area (Å²) in [5.41, 5.74) is 0.661. The highest BCUT2D eigenvalue weighted by molar-refractivity contribution is 6.24. The SMILES string of the molecule is CC1=C(C)C(=O)C(CCC(C)(O)CO)=C(C)C1=O. The molecular weight excluding hydrogens is 232 g/mol. The first-order chi connectivity index (χ1) is 8.21. The van der Waals surface area contributed by atoms with E-state index in [-0.39, 0.29) is 24.6 Å². The molecule has 0 amide bonds. The molecule has 2 N–H and O–H groups in total. The Bertz CT molecular complexity index is 452. The van der Waals surface area contributed by atoms with Gasteiger partial charge in [-0.15, -0.1) is 0 Å². The molecule has 4 heteroatoms. The zero-order valence-corrected chi connectivity index (χ0v) is 11.3. The maximum absolute atomic E-state index is 12.1. The molecule has 0 aromatic carbocycles. The Balaban J connectivity index is 2.96. The predicted molar refractivity (Wildman–Crippen MR) is 68.0 cm³/mol. The average Bonchev–Trinajstić information content (AvgIpc) is 2.34. The Kier molecular flexibility index (Phi) is 4.24. The number of allylic oxidation sites excluding steroid dienone is 4. The third-order valence-electron chi connectivity index (χ3n) is 3.57. The van der Waals surface area contributed by atoms with Gasteiger partial charge in [-0.1, -0.05) is 0 Å². The summed E-state index contributed by atoms with van der Waals surface area (Å²) in [6.07, 6.45) is 0.552. The zero-order chi connectivity index (χ0) is 14.1. The first-order valence-corrected chi connectivity index (χ1v) is 6.01. The van der Waals surface area contributed by atoms with Crippen molar-refractivity contribution in [2.24, 2.45) is 0 Å². The van der Waals surface area contributed by atoms with Crippen LogP contribution in [-0.2, 0) is 9.59 Å². The molecule has 18 heavy (non-hydrogen) atoms. The van der Waals surface area contributed by atoms with E-state index in [0.717, 1.165) is 0 Å². The van der Waals surface area contributed by atoms with E-state index >= 15 is 0 Å². The Morgan fingerprint density at radius 2 is 1.50 bits per heavy atom. The number of carbonyl (C=O) groups is 2. The lowest BCUT2D eigenvalue weighted by atomic mass is 9.82. The van der Waals surface area contributed by atoms with Gasteiger partial charge in [-0.25, -0.2) is 0 Å². The number of Topliss-reactive ketones (excluding diaryl/α,β-unsaturated/α-hetero) is 2. The van der Waals surface area contributed by atoms with Gasteiger partial charge in [0.2, 0.25) is 0 Å². The minimum absolute atomic E-state index is 0.106. The summed E-state index contributed by atoms with van der Waals surface area (Å²) in [6.45, 7) is 6.08. The van der Waals surface area contributed by atoms with E-state index < -0.39 is 5.60 Å². The lowest BCUT2D eigenvalue weighted by molar-refractivity contribution is -0.116. The van der Waals surface area contributed by atoms with Crippen molar-refractivity contribution in [3.8, 4) is 0 Å². The Hall–Kier alpha value is -1.26. The van der Waals surface area contributed by atoms with Gasteiger partial charge in [0.15, 0.2) is 11.6 Å². The Labute approximate surface area is 107 Å². The predicted octanol–water partition coefficient (Wildman–Crippen LogP) is 1.31. The van der Waals surface area contributed by atoms with E-state index in [0.29, 0.717) is 28.7 Å². The van der Waals surface area contributed by atoms with Crippen molar-refractivity contribution in [3.05, 3.63) is 22.3 Å². The molecule has 0 saturated carbocycles. The number of hydrogen-bond acceptors (Lipinski definition) is 4. The van der Waals surface area contributed by atoms with Gasteiger partial charge in [0.1, 0.15) is 0 Å². The highest BCUT2D eigenvalue weighted by Gasteiger charge is 2.29. The quantitative estimate of drug-likeness (QED) is 0.740. The summed E-state index contributed by atoms with van der Waals surface area (Å²) in [6, 6.07) is 0. The van der Waals surface area contributed by atoms with Crippen LogP contribution in [0.3, 0.4) is 0 Å². The lowest BCUT2D eigenvalue weighted by Crippen LogP contribution is -2.30. The molecule has 100 valence electrons. The summed E-state index contributed by atoms with van der Waals surface area (Å²) >= 11 is 0. The van der Waals surface area contributed by atoms with E-state index in [1.165, 1.54) is 6.92 Å². The molecule has 0 fully saturated rings. The lowest BCUT2D eigenvalue weighted by Gasteiger charge is -2.23. The molecular formula is C14H20O4. The second kappa shape index (κ2) is 5.16. The van der Waals surface area contributed by atoms with Crippen LogP contribution in [0.2, 0.25) is 0 Å². The van der Waals surface area contributed by atoms with Gasteiger partial charge in [-0.3, -0.25) is 9.59 Å². The van der Waals surface area contributed by atoms with Crippen LogP contribution >= 0.6 is 0 Å². The average molecular weight is 252 g/mol. The van der Waals surface area contributed by atoms with Crippen LogP contribution < -0.4 is 0 Å². The van der Waals surface area contributed by atoms with Crippen LogP contribution in [0, 0.1) is 0 Å². The minimum atomic E-state index is -1.22. The van der Waals surface area contributed by atoms with Crippen LogP contribution in [0.15, 0.2) is 22.3 Å². The topological polar surface area (TPSA) is 74.6 Å². The molecule has 1 aliphatic rings. The van der Waals surface area contributed by atoms with Crippen LogP contribution in [0.5, 0.6) is 0 Å². The van der Waals surface area contributed by atoms with Crippen LogP contribution in [0.1, 0.15) is 40.5 Å². The van der Waals surface area contributed by atoms with Crippen molar-refractivity contribution in [1.29, 1.82) is 0 Å². The summed E-state index contributed by atoms with van der Waals surface area (Å²) in [4.78, 5) is 24.0. The molecule has 0 saturated heterocycles. The monoisotopic (exact) mass is 252 g/mol. The molecule has 0 bridgehead atoms. The largest absolute Gasteiger partial charge is 0.393 e. The first-order valence-electron chi connectivity index (χ1n) is 6.01. The van der Waals surface area contributed by atoms with Crippen molar-refractivity contribution in [1.82, 2.24) is 0 Å². The summed E-state index contributed by atoms with van der Waals surface area (Å²) in [5, 5.41) is 18.7. The second-order valence-corrected chi connectivity index (χ2v) is 5.17. The molecule has 0 aromatic rings. The van der Waals surface area contributed by atoms with Crippen LogP contribution in [0.4, 0.5) is 0 Å². The van der Waals surface area contributed by atoms with Crippen molar-refractivity contribution < 1.29 is 19.8 Å². The molecule has 0 heterocycles. The fraction of sp³-hybridized carbons (Fsp3) is 0.571. The highest BCUT2D eigenvalue weighted by atomic mass is 16.3. The number of rotatable bonds is 4. The van der Waals surface area contributed by atoms with Crippen molar-refractivity contribution in [3.63, 3.8) is 0 Å². The molecule has 1 rings (SSSR count). The Morgan fingerprint density at radius 1 is 1.00 bits per heavy atom. The Morgan fingerprint density at radius 3 is 2.00 bits per heavy atom. The molecule has 0 spiro atoms. The van der Waals surface area contributed by atoms with E-state index in [4.69, 9.17) is 5.11 Å². The van der Waals surface area contributed by atoms with Gasteiger partial charge in [-0.05, 0) is 40.5 Å². The van der Waals surface area contributed by atoms with Gasteiger partial charge >= 0.3 is 0 Å². The van der Waals surface area contributed by atoms with Gasteiger partial charge in [0.25, 0.3) is 0 Å². The second-order valence-electron chi connectivity index (χ2n) is 5.17. The van der Waals surface area contributed by atoms with E-state index in [1.54, 1.807) is 20.8 Å². The summed E-state index contributed by atoms with van der Waals surface area (Å²) in [7, 11) is 0. The number of hydrogen-bond donors (Lipinski definition) is 2. The van der Waals surface area contributed by atoms with Crippen molar-refractivity contribution >= 4 is 11.6 Å². The van der Waals surface area contributed by atoms with Gasteiger partial charge < -0.3 is 10.2 Å². The first kappa shape index (κ1) is 14.8. The van der Waals surface area contributed by atoms with Crippen LogP contribution in [0.25, 0.3) is 0 Å². The maximum Gasteiger partial charge on any atom is 0.185 e. The highest BCUT2D eigenvalue weighted by Crippen LogP contribution is 2.28. The number of aliphatic hydroxyl groups is 2. The molecule has 0 aliphatic heterocycles. The number of aliphatic hydroxyl groups excluding tert-OH is 1. The van der Waals surface area contributed by atoms with Crippen molar-refractivity contribution in [2.45, 2.75) is 46.1 Å². The summed E-state index contributed by atoms with van der Waals surface area (Å²) in [5.74, 6) is -0.232. The maximum atomic E-state index is 12.1. The van der Waals surface area contributed by atoms with Crippen molar-refractivity contribution in [2.75, 3.05) is 6.61 Å². The fourth-order valence-corrected chi connectivity index (χ4v) is 1.93. The van der Waals surface area contributed by atoms with E-state index in [2.05, 4.69) is 0 Å². The van der Waals surface area contributed by atoms with Crippen LogP contribution in [-0.4, -0.2) is 34.0 Å². The van der Waals surface area contributed by atoms with Gasteiger partial charge in [0.05, 0.1) is 12.2 Å². The molecule has 1 aliphatic carbocycles. The standard InChI is InChI=1S/C14H20O4/c1-8-9(2)13(17)11(10(3)12(8)16)5-6-14(4,18)7-15/h15,18H,5-7H2,1-4H3. The third-order valence-corrected chi connectivity index (χ3v) is 3.57. The molecule has 0 radical (unpaired) electrons. The van der Waals surface area contributed by atoms with Gasteiger partial charge in [0, 0.05) is 22.3 Å². The fourth-order valence-electron chi connectivity index (χ4n) is 1.93. The smallest absolute Gasteiger partial charge is 0.185 e. The minimum Gasteiger partial charge on any atom is -0.393 e. The number of ketones is 2. The molecule has 4 nitrogen and oxygen atoms in total.